The number of nitrogens with zero attached hydrogens (tertiary/aromatic N) is 2. The molecule has 2 heterocycles. The van der Waals surface area contributed by atoms with E-state index in [2.05, 4.69) is 11.1 Å². The average Bonchev–Trinajstić information content (AvgIpc) is 2.70. The summed E-state index contributed by atoms with van der Waals surface area (Å²) in [5, 5.41) is 9.37. The average molecular weight is 235 g/mol. The van der Waals surface area contributed by atoms with E-state index in [0.717, 1.165) is 16.1 Å². The molecular weight excluding hydrogens is 228 g/mol. The molecule has 4 heteroatoms. The second-order valence-electron chi connectivity index (χ2n) is 3.07. The number of hydrogen-bond donors (Lipinski definition) is 0. The third-order valence-electron chi connectivity index (χ3n) is 2.03. The van der Waals surface area contributed by atoms with Gasteiger partial charge in [-0.2, -0.15) is 5.26 Å². The smallest absolute Gasteiger partial charge is 0.110 e. The fourth-order valence-electron chi connectivity index (χ4n) is 1.19. The Bertz CT molecular complexity index is 540. The number of thiophene rings is 1. The Morgan fingerprint density at radius 2 is 2.27 bits per heavy atom. The van der Waals surface area contributed by atoms with E-state index < -0.39 is 0 Å². The number of pyridine rings is 1. The summed E-state index contributed by atoms with van der Waals surface area (Å²) in [6.07, 6.45) is 1.77. The van der Waals surface area contributed by atoms with Crippen molar-refractivity contribution in [2.75, 3.05) is 0 Å². The molecule has 0 aliphatic rings. The number of hydrogen-bond acceptors (Lipinski definition) is 3. The Morgan fingerprint density at radius 3 is 2.87 bits per heavy atom. The predicted molar refractivity (Wildman–Crippen MR) is 62.0 cm³/mol. The summed E-state index contributed by atoms with van der Waals surface area (Å²) in [6.45, 7) is 1.86. The third kappa shape index (κ3) is 2.01. The van der Waals surface area contributed by atoms with Gasteiger partial charge in [-0.1, -0.05) is 11.6 Å². The molecule has 0 radical (unpaired) electrons. The van der Waals surface area contributed by atoms with Crippen molar-refractivity contribution in [1.29, 1.82) is 5.26 Å². The van der Waals surface area contributed by atoms with E-state index in [1.165, 1.54) is 11.3 Å². The Balaban J connectivity index is 2.46. The van der Waals surface area contributed by atoms with Crippen molar-refractivity contribution >= 4 is 22.9 Å². The topological polar surface area (TPSA) is 36.7 Å². The van der Waals surface area contributed by atoms with Crippen LogP contribution < -0.4 is 0 Å². The lowest BCUT2D eigenvalue weighted by atomic mass is 10.2. The van der Waals surface area contributed by atoms with Gasteiger partial charge < -0.3 is 0 Å². The van der Waals surface area contributed by atoms with Crippen LogP contribution in [0.1, 0.15) is 10.6 Å². The standard InChI is InChI=1S/C11H7ClN2S/c1-7-10(12)4-8(6-14-7)11-3-2-9(5-13)15-11/h2-4,6H,1H3. The van der Waals surface area contributed by atoms with Gasteiger partial charge in [-0.3, -0.25) is 4.98 Å². The first-order chi connectivity index (χ1) is 7.20. The Hall–Kier alpha value is -1.37. The molecule has 2 aromatic heterocycles. The molecule has 0 atom stereocenters. The molecule has 0 N–H and O–H groups in total. The second kappa shape index (κ2) is 4.01. The normalized spacial score (nSPS) is 9.93. The van der Waals surface area contributed by atoms with E-state index in [1.54, 1.807) is 12.3 Å². The van der Waals surface area contributed by atoms with Gasteiger partial charge in [0.25, 0.3) is 0 Å². The number of rotatable bonds is 1. The molecule has 2 aromatic rings. The zero-order valence-electron chi connectivity index (χ0n) is 7.99. The number of aromatic nitrogens is 1. The third-order valence-corrected chi connectivity index (χ3v) is 3.45. The molecule has 0 bridgehead atoms. The molecule has 0 saturated carbocycles. The molecule has 0 spiro atoms. The predicted octanol–water partition coefficient (Wildman–Crippen LogP) is 3.64. The minimum atomic E-state index is 0.652. The number of halogens is 1. The van der Waals surface area contributed by atoms with Crippen LogP contribution >= 0.6 is 22.9 Å². The highest BCUT2D eigenvalue weighted by molar-refractivity contribution is 7.16. The first kappa shape index (κ1) is 10.2. The van der Waals surface area contributed by atoms with Crippen molar-refractivity contribution in [2.24, 2.45) is 0 Å². The number of nitriles is 1. The fraction of sp³-hybridized carbons (Fsp3) is 0.0909. The lowest BCUT2D eigenvalue weighted by molar-refractivity contribution is 1.20. The van der Waals surface area contributed by atoms with Crippen LogP contribution in [0.15, 0.2) is 24.4 Å². The summed E-state index contributed by atoms with van der Waals surface area (Å²) in [5.41, 5.74) is 1.77. The summed E-state index contributed by atoms with van der Waals surface area (Å²) < 4.78 is 0. The molecule has 0 aliphatic heterocycles. The Labute approximate surface area is 96.8 Å². The maximum absolute atomic E-state index is 8.72. The van der Waals surface area contributed by atoms with E-state index in [1.807, 2.05) is 19.1 Å². The van der Waals surface area contributed by atoms with E-state index in [0.29, 0.717) is 9.90 Å². The molecule has 0 saturated heterocycles. The van der Waals surface area contributed by atoms with Gasteiger partial charge in [0.2, 0.25) is 0 Å². The minimum absolute atomic E-state index is 0.652. The Kier molecular flexibility index (Phi) is 2.72. The maximum Gasteiger partial charge on any atom is 0.110 e. The van der Waals surface area contributed by atoms with Gasteiger partial charge >= 0.3 is 0 Å². The molecule has 0 fully saturated rings. The van der Waals surface area contributed by atoms with Crippen LogP contribution in [0.4, 0.5) is 0 Å². The van der Waals surface area contributed by atoms with Gasteiger partial charge in [-0.15, -0.1) is 11.3 Å². The second-order valence-corrected chi connectivity index (χ2v) is 4.56. The SMILES string of the molecule is Cc1ncc(-c2ccc(C#N)s2)cc1Cl. The van der Waals surface area contributed by atoms with Crippen LogP contribution in [-0.4, -0.2) is 4.98 Å². The van der Waals surface area contributed by atoms with Gasteiger partial charge in [0, 0.05) is 16.6 Å². The van der Waals surface area contributed by atoms with E-state index in [-0.39, 0.29) is 0 Å². The zero-order chi connectivity index (χ0) is 10.8. The molecule has 0 aliphatic carbocycles. The van der Waals surface area contributed by atoms with Crippen LogP contribution in [0.25, 0.3) is 10.4 Å². The summed E-state index contributed by atoms with van der Waals surface area (Å²) in [6, 6.07) is 7.69. The van der Waals surface area contributed by atoms with Crippen LogP contribution in [-0.2, 0) is 0 Å². The summed E-state index contributed by atoms with van der Waals surface area (Å²) in [5.74, 6) is 0. The van der Waals surface area contributed by atoms with E-state index in [4.69, 9.17) is 16.9 Å². The molecular formula is C11H7ClN2S. The largest absolute Gasteiger partial charge is 0.259 e. The highest BCUT2D eigenvalue weighted by Crippen LogP contribution is 2.29. The first-order valence-corrected chi connectivity index (χ1v) is 5.52. The van der Waals surface area contributed by atoms with Crippen LogP contribution in [0, 0.1) is 18.3 Å². The van der Waals surface area contributed by atoms with E-state index in [9.17, 15) is 0 Å². The molecule has 74 valence electrons. The van der Waals surface area contributed by atoms with Crippen LogP contribution in [0.3, 0.4) is 0 Å². The van der Waals surface area contributed by atoms with Crippen molar-refractivity contribution in [3.05, 3.63) is 40.0 Å². The van der Waals surface area contributed by atoms with Gasteiger partial charge in [0.15, 0.2) is 0 Å². The molecule has 2 nitrogen and oxygen atoms in total. The molecule has 0 amide bonds. The lowest BCUT2D eigenvalue weighted by Crippen LogP contribution is -1.82. The maximum atomic E-state index is 8.72. The fourth-order valence-corrected chi connectivity index (χ4v) is 2.14. The zero-order valence-corrected chi connectivity index (χ0v) is 9.56. The first-order valence-electron chi connectivity index (χ1n) is 4.33. The van der Waals surface area contributed by atoms with Crippen molar-refractivity contribution in [2.45, 2.75) is 6.92 Å². The van der Waals surface area contributed by atoms with E-state index >= 15 is 0 Å². The molecule has 0 aromatic carbocycles. The highest BCUT2D eigenvalue weighted by Gasteiger charge is 2.05. The summed E-state index contributed by atoms with van der Waals surface area (Å²) in [7, 11) is 0. The van der Waals surface area contributed by atoms with Crippen molar-refractivity contribution < 1.29 is 0 Å². The molecule has 2 rings (SSSR count). The number of aryl methyl sites for hydroxylation is 1. The monoisotopic (exact) mass is 234 g/mol. The van der Waals surface area contributed by atoms with Crippen molar-refractivity contribution in [1.82, 2.24) is 4.98 Å². The van der Waals surface area contributed by atoms with Crippen molar-refractivity contribution in [3.8, 4) is 16.5 Å². The van der Waals surface area contributed by atoms with Gasteiger partial charge in [0.05, 0.1) is 10.7 Å². The summed E-state index contributed by atoms with van der Waals surface area (Å²) in [4.78, 5) is 5.89. The molecule has 15 heavy (non-hydrogen) atoms. The Morgan fingerprint density at radius 1 is 1.47 bits per heavy atom. The van der Waals surface area contributed by atoms with Gasteiger partial charge in [-0.05, 0) is 25.1 Å². The minimum Gasteiger partial charge on any atom is -0.259 e. The van der Waals surface area contributed by atoms with Gasteiger partial charge in [0.1, 0.15) is 10.9 Å². The summed E-state index contributed by atoms with van der Waals surface area (Å²) >= 11 is 7.42. The quantitative estimate of drug-likeness (QED) is 0.755. The van der Waals surface area contributed by atoms with Crippen LogP contribution in [0.5, 0.6) is 0 Å². The van der Waals surface area contributed by atoms with Crippen molar-refractivity contribution in [3.63, 3.8) is 0 Å². The van der Waals surface area contributed by atoms with Gasteiger partial charge in [-0.25, -0.2) is 0 Å². The molecule has 0 unspecified atom stereocenters. The lowest BCUT2D eigenvalue weighted by Gasteiger charge is -1.99. The highest BCUT2D eigenvalue weighted by atomic mass is 35.5. The van der Waals surface area contributed by atoms with Crippen LogP contribution in [0.2, 0.25) is 5.02 Å².